The minimum absolute atomic E-state index is 0.250. The highest BCUT2D eigenvalue weighted by molar-refractivity contribution is 6.21. The minimum atomic E-state index is -0.250. The zero-order chi connectivity index (χ0) is 15.9. The molecule has 1 aromatic carbocycles. The second-order valence-corrected chi connectivity index (χ2v) is 4.74. The Hall–Kier alpha value is -2.63. The summed E-state index contributed by atoms with van der Waals surface area (Å²) in [7, 11) is 0. The van der Waals surface area contributed by atoms with Crippen molar-refractivity contribution in [3.8, 4) is 0 Å². The molecule has 6 nitrogen and oxygen atoms in total. The molecule has 0 saturated carbocycles. The molecule has 1 aliphatic heterocycles. The van der Waals surface area contributed by atoms with Gasteiger partial charge in [0.1, 0.15) is 0 Å². The van der Waals surface area contributed by atoms with Gasteiger partial charge in [0.05, 0.1) is 17.7 Å². The molecule has 0 bridgehead atoms. The molecule has 116 valence electrons. The van der Waals surface area contributed by atoms with Crippen LogP contribution < -0.4 is 10.6 Å². The van der Waals surface area contributed by atoms with E-state index in [0.29, 0.717) is 30.2 Å². The van der Waals surface area contributed by atoms with Gasteiger partial charge in [0.15, 0.2) is 5.96 Å². The molecular weight excluding hydrogens is 280 g/mol. The molecule has 22 heavy (non-hydrogen) atoms. The van der Waals surface area contributed by atoms with Crippen molar-refractivity contribution in [2.45, 2.75) is 6.92 Å². The largest absolute Gasteiger partial charge is 0.357 e. The SMILES string of the molecule is C=CCNC(=NCCN1C(=O)c2ccccc2C1=O)NCC. The minimum Gasteiger partial charge on any atom is -0.357 e. The van der Waals surface area contributed by atoms with Crippen LogP contribution in [0, 0.1) is 0 Å². The second-order valence-electron chi connectivity index (χ2n) is 4.74. The summed E-state index contributed by atoms with van der Waals surface area (Å²) in [6.45, 7) is 7.54. The van der Waals surface area contributed by atoms with Gasteiger partial charge >= 0.3 is 0 Å². The fourth-order valence-electron chi connectivity index (χ4n) is 2.21. The van der Waals surface area contributed by atoms with E-state index in [-0.39, 0.29) is 18.4 Å². The Morgan fingerprint density at radius 2 is 1.86 bits per heavy atom. The van der Waals surface area contributed by atoms with Crippen LogP contribution >= 0.6 is 0 Å². The molecule has 0 aliphatic carbocycles. The van der Waals surface area contributed by atoms with Crippen molar-refractivity contribution in [3.63, 3.8) is 0 Å². The van der Waals surface area contributed by atoms with Gasteiger partial charge in [-0.05, 0) is 19.1 Å². The monoisotopic (exact) mass is 300 g/mol. The molecule has 0 unspecified atom stereocenters. The first-order valence-electron chi connectivity index (χ1n) is 7.27. The third kappa shape index (κ3) is 3.33. The molecule has 6 heteroatoms. The Morgan fingerprint density at radius 3 is 2.41 bits per heavy atom. The summed E-state index contributed by atoms with van der Waals surface area (Å²) in [5, 5.41) is 6.15. The smallest absolute Gasteiger partial charge is 0.261 e. The maximum Gasteiger partial charge on any atom is 0.261 e. The number of guanidine groups is 1. The summed E-state index contributed by atoms with van der Waals surface area (Å²) in [5.41, 5.74) is 0.932. The van der Waals surface area contributed by atoms with E-state index in [1.165, 1.54) is 4.90 Å². The quantitative estimate of drug-likeness (QED) is 0.356. The molecule has 0 saturated heterocycles. The highest BCUT2D eigenvalue weighted by Crippen LogP contribution is 2.21. The zero-order valence-electron chi connectivity index (χ0n) is 12.6. The fraction of sp³-hybridized carbons (Fsp3) is 0.312. The third-order valence-electron chi connectivity index (χ3n) is 3.23. The number of carbonyl (C=O) groups excluding carboxylic acids is 2. The topological polar surface area (TPSA) is 73.8 Å². The van der Waals surface area contributed by atoms with Crippen LogP contribution in [0.15, 0.2) is 41.9 Å². The Bertz CT molecular complexity index is 575. The van der Waals surface area contributed by atoms with E-state index in [2.05, 4.69) is 22.2 Å². The number of fused-ring (bicyclic) bond motifs is 1. The van der Waals surface area contributed by atoms with Crippen molar-refractivity contribution < 1.29 is 9.59 Å². The number of nitrogens with zero attached hydrogens (tertiary/aromatic N) is 2. The van der Waals surface area contributed by atoms with Crippen molar-refractivity contribution in [1.29, 1.82) is 0 Å². The van der Waals surface area contributed by atoms with E-state index in [1.54, 1.807) is 30.3 Å². The van der Waals surface area contributed by atoms with E-state index >= 15 is 0 Å². The van der Waals surface area contributed by atoms with Gasteiger partial charge in [-0.1, -0.05) is 18.2 Å². The highest BCUT2D eigenvalue weighted by atomic mass is 16.2. The number of hydrogen-bond donors (Lipinski definition) is 2. The average molecular weight is 300 g/mol. The number of carbonyl (C=O) groups is 2. The van der Waals surface area contributed by atoms with Gasteiger partial charge < -0.3 is 10.6 Å². The zero-order valence-corrected chi connectivity index (χ0v) is 12.6. The number of nitrogens with one attached hydrogen (secondary N) is 2. The predicted octanol–water partition coefficient (Wildman–Crippen LogP) is 1.02. The summed E-state index contributed by atoms with van der Waals surface area (Å²) in [5.74, 6) is 0.138. The van der Waals surface area contributed by atoms with E-state index in [4.69, 9.17) is 0 Å². The molecule has 0 atom stereocenters. The van der Waals surface area contributed by atoms with Crippen LogP contribution in [0.2, 0.25) is 0 Å². The Labute approximate surface area is 129 Å². The van der Waals surface area contributed by atoms with Crippen molar-refractivity contribution in [3.05, 3.63) is 48.0 Å². The van der Waals surface area contributed by atoms with Gasteiger partial charge in [-0.2, -0.15) is 0 Å². The van der Waals surface area contributed by atoms with Crippen LogP contribution in [-0.2, 0) is 0 Å². The summed E-state index contributed by atoms with van der Waals surface area (Å²) in [6.07, 6.45) is 1.73. The van der Waals surface area contributed by atoms with Gasteiger partial charge in [0.2, 0.25) is 0 Å². The molecule has 1 heterocycles. The molecule has 2 N–H and O–H groups in total. The fourth-order valence-corrected chi connectivity index (χ4v) is 2.21. The molecule has 0 fully saturated rings. The van der Waals surface area contributed by atoms with Crippen LogP contribution in [0.3, 0.4) is 0 Å². The van der Waals surface area contributed by atoms with Gasteiger partial charge in [-0.25, -0.2) is 0 Å². The lowest BCUT2D eigenvalue weighted by atomic mass is 10.1. The van der Waals surface area contributed by atoms with Crippen LogP contribution in [0.4, 0.5) is 0 Å². The molecule has 2 amide bonds. The van der Waals surface area contributed by atoms with E-state index in [1.807, 2.05) is 6.92 Å². The molecule has 2 rings (SSSR count). The normalized spacial score (nSPS) is 14.0. The molecule has 0 aromatic heterocycles. The van der Waals surface area contributed by atoms with Crippen LogP contribution in [0.5, 0.6) is 0 Å². The van der Waals surface area contributed by atoms with E-state index in [9.17, 15) is 9.59 Å². The lowest BCUT2D eigenvalue weighted by Crippen LogP contribution is -2.38. The summed E-state index contributed by atoms with van der Waals surface area (Å²) < 4.78 is 0. The number of aliphatic imine (C=N–C) groups is 1. The van der Waals surface area contributed by atoms with Gasteiger partial charge in [-0.3, -0.25) is 19.5 Å². The molecule has 1 aliphatic rings. The molecule has 0 radical (unpaired) electrons. The predicted molar refractivity (Wildman–Crippen MR) is 86.0 cm³/mol. The Kier molecular flexibility index (Phi) is 5.30. The average Bonchev–Trinajstić information content (AvgIpc) is 2.78. The summed E-state index contributed by atoms with van der Waals surface area (Å²) >= 11 is 0. The molecule has 0 spiro atoms. The number of imide groups is 1. The number of benzene rings is 1. The first-order valence-corrected chi connectivity index (χ1v) is 7.27. The van der Waals surface area contributed by atoms with Crippen molar-refractivity contribution in [2.75, 3.05) is 26.2 Å². The van der Waals surface area contributed by atoms with Crippen molar-refractivity contribution in [2.24, 2.45) is 4.99 Å². The van der Waals surface area contributed by atoms with Crippen LogP contribution in [0.1, 0.15) is 27.6 Å². The second kappa shape index (κ2) is 7.40. The Morgan fingerprint density at radius 1 is 1.23 bits per heavy atom. The third-order valence-corrected chi connectivity index (χ3v) is 3.23. The summed E-state index contributed by atoms with van der Waals surface area (Å²) in [6, 6.07) is 6.87. The lowest BCUT2D eigenvalue weighted by molar-refractivity contribution is 0.0659. The van der Waals surface area contributed by atoms with Gasteiger partial charge in [0.25, 0.3) is 11.8 Å². The standard InChI is InChI=1S/C16H20N4O2/c1-3-9-18-16(17-4-2)19-10-11-20-14(21)12-7-5-6-8-13(12)15(20)22/h3,5-8H,1,4,9-11H2,2H3,(H2,17,18,19). The van der Waals surface area contributed by atoms with E-state index in [0.717, 1.165) is 6.54 Å². The first-order chi connectivity index (χ1) is 10.7. The number of rotatable bonds is 6. The highest BCUT2D eigenvalue weighted by Gasteiger charge is 2.34. The maximum absolute atomic E-state index is 12.2. The van der Waals surface area contributed by atoms with Gasteiger partial charge in [0, 0.05) is 19.6 Å². The van der Waals surface area contributed by atoms with Crippen molar-refractivity contribution >= 4 is 17.8 Å². The van der Waals surface area contributed by atoms with E-state index < -0.39 is 0 Å². The molecule has 1 aromatic rings. The number of amides is 2. The van der Waals surface area contributed by atoms with Crippen molar-refractivity contribution in [1.82, 2.24) is 15.5 Å². The first kappa shape index (κ1) is 15.8. The Balaban J connectivity index is 1.99. The van der Waals surface area contributed by atoms with Gasteiger partial charge in [-0.15, -0.1) is 6.58 Å². The maximum atomic E-state index is 12.2. The lowest BCUT2D eigenvalue weighted by Gasteiger charge is -2.13. The number of hydrogen-bond acceptors (Lipinski definition) is 3. The van der Waals surface area contributed by atoms with Crippen LogP contribution in [0.25, 0.3) is 0 Å². The summed E-state index contributed by atoms with van der Waals surface area (Å²) in [4.78, 5) is 30.0. The molecular formula is C16H20N4O2. The van der Waals surface area contributed by atoms with Crippen LogP contribution in [-0.4, -0.2) is 48.9 Å².